The van der Waals surface area contributed by atoms with Gasteiger partial charge in [0.25, 0.3) is 0 Å². The summed E-state index contributed by atoms with van der Waals surface area (Å²) >= 11 is 0. The lowest BCUT2D eigenvalue weighted by Gasteiger charge is -2.35. The van der Waals surface area contributed by atoms with Crippen molar-refractivity contribution in [2.24, 2.45) is 0 Å². The monoisotopic (exact) mass is 418 g/mol. The molecule has 0 saturated carbocycles. The second-order valence-electron chi connectivity index (χ2n) is 8.63. The van der Waals surface area contributed by atoms with E-state index in [0.717, 1.165) is 22.5 Å². The Bertz CT molecular complexity index is 1040. The normalized spacial score (nSPS) is 14.9. The van der Waals surface area contributed by atoms with Crippen LogP contribution in [-0.4, -0.2) is 25.4 Å². The molecule has 0 atom stereocenters. The van der Waals surface area contributed by atoms with E-state index in [1.807, 2.05) is 18.3 Å². The van der Waals surface area contributed by atoms with Crippen LogP contribution in [0, 0.1) is 6.92 Å². The van der Waals surface area contributed by atoms with Crippen molar-refractivity contribution in [3.8, 4) is 28.4 Å². The van der Waals surface area contributed by atoms with E-state index in [1.165, 1.54) is 16.3 Å². The van der Waals surface area contributed by atoms with Gasteiger partial charge in [-0.15, -0.1) is 0 Å². The Morgan fingerprint density at radius 3 is 2.20 bits per heavy atom. The maximum Gasteiger partial charge on any atom is 0.232 e. The van der Waals surface area contributed by atoms with Gasteiger partial charge in [-0.2, -0.15) is 0 Å². The topological polar surface area (TPSA) is 44.2 Å². The molecule has 0 amide bonds. The fourth-order valence-corrected chi connectivity index (χ4v) is 9.88. The standard InChI is InChI=1S/C25H30N2O2Si/c1-16(2)30(17(3)4)25-21(15-29-30)18(5)23(20-12-13-22(28-6)26-14-20)27-24(25)19-10-8-7-9-11-19/h7-14,16-17H,15H2,1-6H3. The van der Waals surface area contributed by atoms with E-state index < -0.39 is 8.32 Å². The number of ether oxygens (including phenoxy) is 1. The summed E-state index contributed by atoms with van der Waals surface area (Å²) in [5.41, 5.74) is 7.67. The lowest BCUT2D eigenvalue weighted by atomic mass is 10.00. The molecule has 0 aliphatic carbocycles. The first-order valence-electron chi connectivity index (χ1n) is 10.6. The first-order chi connectivity index (χ1) is 14.4. The summed E-state index contributed by atoms with van der Waals surface area (Å²) in [6.45, 7) is 12.1. The minimum atomic E-state index is -2.20. The van der Waals surface area contributed by atoms with E-state index in [0.29, 0.717) is 23.6 Å². The number of hydrogen-bond donors (Lipinski definition) is 0. The van der Waals surface area contributed by atoms with E-state index in [-0.39, 0.29) is 0 Å². The van der Waals surface area contributed by atoms with Crippen molar-refractivity contribution in [1.29, 1.82) is 0 Å². The predicted octanol–water partition coefficient (Wildman–Crippen LogP) is 5.63. The fourth-order valence-electron chi connectivity index (χ4n) is 4.89. The molecular formula is C25H30N2O2Si. The summed E-state index contributed by atoms with van der Waals surface area (Å²) < 4.78 is 12.0. The second-order valence-corrected chi connectivity index (χ2v) is 13.3. The smallest absolute Gasteiger partial charge is 0.232 e. The molecule has 3 aromatic rings. The van der Waals surface area contributed by atoms with Crippen LogP contribution in [-0.2, 0) is 11.0 Å². The summed E-state index contributed by atoms with van der Waals surface area (Å²) in [6, 6.07) is 14.5. The molecule has 0 bridgehead atoms. The quantitative estimate of drug-likeness (QED) is 0.504. The SMILES string of the molecule is COc1ccc(-c2nc(-c3ccccc3)c3c(c2C)CO[Si]3(C(C)C)C(C)C)cn1. The molecule has 4 rings (SSSR count). The zero-order chi connectivity index (χ0) is 21.5. The predicted molar refractivity (Wildman–Crippen MR) is 125 cm³/mol. The Morgan fingerprint density at radius 1 is 0.933 bits per heavy atom. The molecule has 156 valence electrons. The number of methoxy groups -OCH3 is 1. The van der Waals surface area contributed by atoms with Crippen LogP contribution in [0.5, 0.6) is 5.88 Å². The van der Waals surface area contributed by atoms with Crippen LogP contribution >= 0.6 is 0 Å². The molecule has 30 heavy (non-hydrogen) atoms. The number of aromatic nitrogens is 2. The third-order valence-corrected chi connectivity index (χ3v) is 11.8. The molecule has 0 radical (unpaired) electrons. The largest absolute Gasteiger partial charge is 0.481 e. The van der Waals surface area contributed by atoms with Gasteiger partial charge in [-0.05, 0) is 35.2 Å². The minimum Gasteiger partial charge on any atom is -0.481 e. The average molecular weight is 419 g/mol. The third-order valence-electron chi connectivity index (χ3n) is 6.40. The Labute approximate surface area is 180 Å². The average Bonchev–Trinajstić information content (AvgIpc) is 3.17. The van der Waals surface area contributed by atoms with Crippen LogP contribution in [0.3, 0.4) is 0 Å². The van der Waals surface area contributed by atoms with Crippen LogP contribution in [0.15, 0.2) is 48.7 Å². The summed E-state index contributed by atoms with van der Waals surface area (Å²) in [5, 5.41) is 1.39. The van der Waals surface area contributed by atoms with E-state index in [1.54, 1.807) is 7.11 Å². The van der Waals surface area contributed by atoms with Gasteiger partial charge in [0.05, 0.1) is 25.1 Å². The molecule has 2 aromatic heterocycles. The highest BCUT2D eigenvalue weighted by molar-refractivity contribution is 6.90. The highest BCUT2D eigenvalue weighted by atomic mass is 28.4. The third kappa shape index (κ3) is 3.17. The van der Waals surface area contributed by atoms with E-state index in [2.05, 4.69) is 69.9 Å². The number of nitrogens with zero attached hydrogens (tertiary/aromatic N) is 2. The zero-order valence-electron chi connectivity index (χ0n) is 18.7. The van der Waals surface area contributed by atoms with Gasteiger partial charge in [0.15, 0.2) is 0 Å². The lowest BCUT2D eigenvalue weighted by Crippen LogP contribution is -2.53. The lowest BCUT2D eigenvalue weighted by molar-refractivity contribution is 0.299. The highest BCUT2D eigenvalue weighted by Gasteiger charge is 2.51. The minimum absolute atomic E-state index is 0.468. The van der Waals surface area contributed by atoms with E-state index >= 15 is 0 Å². The van der Waals surface area contributed by atoms with Gasteiger partial charge >= 0.3 is 0 Å². The highest BCUT2D eigenvalue weighted by Crippen LogP contribution is 2.43. The number of benzene rings is 1. The first-order valence-corrected chi connectivity index (χ1v) is 12.7. The summed E-state index contributed by atoms with van der Waals surface area (Å²) in [5.74, 6) is 0.607. The van der Waals surface area contributed by atoms with Gasteiger partial charge in [0, 0.05) is 28.6 Å². The molecule has 4 nitrogen and oxygen atoms in total. The van der Waals surface area contributed by atoms with Crippen molar-refractivity contribution >= 4 is 13.5 Å². The van der Waals surface area contributed by atoms with Crippen LogP contribution in [0.2, 0.25) is 11.1 Å². The fraction of sp³-hybridized carbons (Fsp3) is 0.360. The van der Waals surface area contributed by atoms with Gasteiger partial charge in [-0.25, -0.2) is 9.97 Å². The van der Waals surface area contributed by atoms with Crippen molar-refractivity contribution in [2.45, 2.75) is 52.3 Å². The molecular weight excluding hydrogens is 388 g/mol. The number of fused-ring (bicyclic) bond motifs is 1. The second kappa shape index (κ2) is 7.97. The Balaban J connectivity index is 2.02. The number of rotatable bonds is 5. The zero-order valence-corrected chi connectivity index (χ0v) is 19.7. The summed E-state index contributed by atoms with van der Waals surface area (Å²) in [6.07, 6.45) is 1.85. The molecule has 0 N–H and O–H groups in total. The van der Waals surface area contributed by atoms with Crippen molar-refractivity contribution < 1.29 is 9.16 Å². The first kappa shape index (κ1) is 20.8. The van der Waals surface area contributed by atoms with Crippen molar-refractivity contribution in [3.05, 3.63) is 59.8 Å². The molecule has 5 heteroatoms. The van der Waals surface area contributed by atoms with Crippen LogP contribution in [0.25, 0.3) is 22.5 Å². The van der Waals surface area contributed by atoms with Crippen molar-refractivity contribution in [3.63, 3.8) is 0 Å². The van der Waals surface area contributed by atoms with Crippen molar-refractivity contribution in [2.75, 3.05) is 7.11 Å². The van der Waals surface area contributed by atoms with Gasteiger partial charge in [0.1, 0.15) is 0 Å². The molecule has 0 saturated heterocycles. The maximum absolute atomic E-state index is 6.77. The van der Waals surface area contributed by atoms with Crippen LogP contribution in [0.4, 0.5) is 0 Å². The summed E-state index contributed by atoms with van der Waals surface area (Å²) in [4.78, 5) is 9.68. The Morgan fingerprint density at radius 2 is 1.63 bits per heavy atom. The van der Waals surface area contributed by atoms with Crippen LogP contribution in [0.1, 0.15) is 38.8 Å². The number of pyridine rings is 2. The van der Waals surface area contributed by atoms with Gasteiger partial charge in [-0.3, -0.25) is 0 Å². The Hall–Kier alpha value is -2.50. The van der Waals surface area contributed by atoms with Crippen LogP contribution < -0.4 is 9.92 Å². The van der Waals surface area contributed by atoms with E-state index in [4.69, 9.17) is 14.1 Å². The molecule has 0 fully saturated rings. The van der Waals surface area contributed by atoms with E-state index in [9.17, 15) is 0 Å². The Kier molecular flexibility index (Phi) is 5.51. The molecule has 1 aromatic carbocycles. The van der Waals surface area contributed by atoms with Gasteiger partial charge in [0.2, 0.25) is 14.2 Å². The van der Waals surface area contributed by atoms with Gasteiger partial charge in [-0.1, -0.05) is 58.0 Å². The van der Waals surface area contributed by atoms with Crippen molar-refractivity contribution in [1.82, 2.24) is 9.97 Å². The molecule has 0 unspecified atom stereocenters. The molecule has 0 spiro atoms. The molecule has 1 aliphatic rings. The molecule has 3 heterocycles. The maximum atomic E-state index is 6.77. The summed E-state index contributed by atoms with van der Waals surface area (Å²) in [7, 11) is -0.570. The number of hydrogen-bond acceptors (Lipinski definition) is 4. The molecule has 1 aliphatic heterocycles. The van der Waals surface area contributed by atoms with Gasteiger partial charge < -0.3 is 9.16 Å².